The smallest absolute Gasteiger partial charge is 0.322 e. The normalized spacial score (nSPS) is 12.1. The molecule has 1 aromatic carbocycles. The number of hydrogen-bond acceptors (Lipinski definition) is 6. The molecule has 0 radical (unpaired) electrons. The highest BCUT2D eigenvalue weighted by Gasteiger charge is 2.34. The van der Waals surface area contributed by atoms with E-state index >= 15 is 0 Å². The average Bonchev–Trinajstić information content (AvgIpc) is 2.94. The Labute approximate surface area is 176 Å². The summed E-state index contributed by atoms with van der Waals surface area (Å²) in [5.41, 5.74) is 0.322. The molecule has 0 aliphatic rings. The molecule has 0 amide bonds. The fraction of sp³-hybridized carbons (Fsp3) is 0.474. The first-order valence-corrected chi connectivity index (χ1v) is 10.9. The van der Waals surface area contributed by atoms with Crippen LogP contribution in [0, 0.1) is 5.82 Å². The van der Waals surface area contributed by atoms with Crippen LogP contribution < -0.4 is 4.74 Å². The zero-order chi connectivity index (χ0) is 20.2. The van der Waals surface area contributed by atoms with E-state index in [1.165, 1.54) is 29.2 Å². The van der Waals surface area contributed by atoms with Crippen molar-refractivity contribution >= 4 is 45.0 Å². The maximum Gasteiger partial charge on any atom is 0.322 e. The second kappa shape index (κ2) is 8.92. The zero-order valence-electron chi connectivity index (χ0n) is 16.0. The van der Waals surface area contributed by atoms with Crippen LogP contribution in [0.4, 0.5) is 4.39 Å². The van der Waals surface area contributed by atoms with Crippen molar-refractivity contribution in [2.24, 2.45) is 0 Å². The van der Waals surface area contributed by atoms with Crippen molar-refractivity contribution in [2.45, 2.75) is 55.7 Å². The van der Waals surface area contributed by atoms with Crippen molar-refractivity contribution in [3.8, 4) is 5.75 Å². The summed E-state index contributed by atoms with van der Waals surface area (Å²) in [6, 6.07) is 4.69. The third-order valence-electron chi connectivity index (χ3n) is 3.27. The Hall–Kier alpha value is -1.12. The average molecular weight is 476 g/mol. The van der Waals surface area contributed by atoms with Crippen LogP contribution in [0.5, 0.6) is 5.75 Å². The molecule has 0 saturated heterocycles. The van der Waals surface area contributed by atoms with Crippen LogP contribution in [0.15, 0.2) is 32.4 Å². The van der Waals surface area contributed by atoms with Gasteiger partial charge in [-0.15, -0.1) is 11.3 Å². The van der Waals surface area contributed by atoms with E-state index in [1.54, 1.807) is 12.1 Å². The first kappa shape index (κ1) is 22.2. The topological polar surface area (TPSA) is 48.4 Å². The van der Waals surface area contributed by atoms with Crippen LogP contribution in [0.3, 0.4) is 0 Å². The number of thiazole rings is 1. The van der Waals surface area contributed by atoms with Gasteiger partial charge >= 0.3 is 5.97 Å². The highest BCUT2D eigenvalue weighted by Crippen LogP contribution is 2.36. The number of ether oxygens (including phenoxy) is 2. The number of thioether (sulfide) groups is 1. The second-order valence-electron chi connectivity index (χ2n) is 7.39. The third kappa shape index (κ3) is 7.08. The van der Waals surface area contributed by atoms with Crippen molar-refractivity contribution in [1.29, 1.82) is 0 Å². The van der Waals surface area contributed by atoms with Crippen LogP contribution in [-0.4, -0.2) is 27.9 Å². The Balaban J connectivity index is 1.89. The van der Waals surface area contributed by atoms with Crippen molar-refractivity contribution in [2.75, 3.05) is 6.61 Å². The summed E-state index contributed by atoms with van der Waals surface area (Å²) in [7, 11) is 0. The number of esters is 1. The molecule has 0 aliphatic heterocycles. The highest BCUT2D eigenvalue weighted by molar-refractivity contribution is 9.10. The molecule has 27 heavy (non-hydrogen) atoms. The van der Waals surface area contributed by atoms with Gasteiger partial charge in [0.05, 0.1) is 12.3 Å². The maximum absolute atomic E-state index is 13.7. The first-order valence-electron chi connectivity index (χ1n) is 8.41. The molecular weight excluding hydrogens is 453 g/mol. The number of benzene rings is 1. The fourth-order valence-electron chi connectivity index (χ4n) is 1.97. The van der Waals surface area contributed by atoms with Gasteiger partial charge in [-0.25, -0.2) is 9.37 Å². The Morgan fingerprint density at radius 2 is 2.00 bits per heavy atom. The van der Waals surface area contributed by atoms with E-state index in [0.717, 1.165) is 10.0 Å². The monoisotopic (exact) mass is 475 g/mol. The predicted molar refractivity (Wildman–Crippen MR) is 111 cm³/mol. The van der Waals surface area contributed by atoms with Gasteiger partial charge in [0, 0.05) is 16.3 Å². The van der Waals surface area contributed by atoms with Gasteiger partial charge in [0.25, 0.3) is 0 Å². The highest BCUT2D eigenvalue weighted by atomic mass is 79.9. The molecule has 0 N–H and O–H groups in total. The number of halogens is 2. The molecule has 0 aliphatic carbocycles. The Morgan fingerprint density at radius 1 is 1.30 bits per heavy atom. The first-order chi connectivity index (χ1) is 12.5. The van der Waals surface area contributed by atoms with E-state index < -0.39 is 16.2 Å². The standard InChI is InChI=1S/C19H23BrFNO3S2/c1-18(2,3)25-16(23)19(4,5)27-17-22-13(11-26-17)8-9-24-15-7-6-12(20)10-14(15)21/h6-7,10-11H,8-9H2,1-5H3. The molecule has 1 aromatic heterocycles. The number of carbonyl (C=O) groups excluding carboxylic acids is 1. The summed E-state index contributed by atoms with van der Waals surface area (Å²) >= 11 is 6.06. The van der Waals surface area contributed by atoms with Crippen LogP contribution in [-0.2, 0) is 16.0 Å². The van der Waals surface area contributed by atoms with Gasteiger partial charge in [0.1, 0.15) is 10.3 Å². The maximum atomic E-state index is 13.7. The van der Waals surface area contributed by atoms with Gasteiger partial charge in [0.2, 0.25) is 0 Å². The Bertz CT molecular complexity index is 802. The molecular formula is C19H23BrFNO3S2. The number of hydrogen-bond donors (Lipinski definition) is 0. The fourth-order valence-corrected chi connectivity index (χ4v) is 4.57. The van der Waals surface area contributed by atoms with Crippen LogP contribution in [0.2, 0.25) is 0 Å². The molecule has 2 rings (SSSR count). The molecule has 0 fully saturated rings. The number of nitrogens with zero attached hydrogens (tertiary/aromatic N) is 1. The zero-order valence-corrected chi connectivity index (χ0v) is 19.2. The van der Waals surface area contributed by atoms with Gasteiger partial charge in [0.15, 0.2) is 15.9 Å². The molecule has 4 nitrogen and oxygen atoms in total. The molecule has 1 heterocycles. The summed E-state index contributed by atoms with van der Waals surface area (Å²) in [6.07, 6.45) is 0.555. The van der Waals surface area contributed by atoms with Crippen molar-refractivity contribution < 1.29 is 18.7 Å². The molecule has 2 aromatic rings. The molecule has 0 unspecified atom stereocenters. The molecule has 0 saturated carbocycles. The molecule has 148 valence electrons. The van der Waals surface area contributed by atoms with E-state index in [4.69, 9.17) is 9.47 Å². The minimum Gasteiger partial charge on any atom is -0.490 e. The Morgan fingerprint density at radius 3 is 2.63 bits per heavy atom. The predicted octanol–water partition coefficient (Wildman–Crippen LogP) is 5.88. The Kier molecular flexibility index (Phi) is 7.33. The van der Waals surface area contributed by atoms with Gasteiger partial charge < -0.3 is 9.47 Å². The molecule has 0 bridgehead atoms. The lowest BCUT2D eigenvalue weighted by Gasteiger charge is -2.27. The SMILES string of the molecule is CC(C)(C)OC(=O)C(C)(C)Sc1nc(CCOc2ccc(Br)cc2F)cs1. The van der Waals surface area contributed by atoms with Crippen LogP contribution in [0.1, 0.15) is 40.3 Å². The molecule has 8 heteroatoms. The van der Waals surface area contributed by atoms with Gasteiger partial charge in [-0.2, -0.15) is 0 Å². The quantitative estimate of drug-likeness (QED) is 0.369. The lowest BCUT2D eigenvalue weighted by molar-refractivity contribution is -0.156. The second-order valence-corrected chi connectivity index (χ2v) is 11.0. The third-order valence-corrected chi connectivity index (χ3v) is 5.93. The van der Waals surface area contributed by atoms with E-state index in [1.807, 2.05) is 40.0 Å². The number of aromatic nitrogens is 1. The molecule has 0 spiro atoms. The largest absolute Gasteiger partial charge is 0.490 e. The lowest BCUT2D eigenvalue weighted by Crippen LogP contribution is -2.36. The van der Waals surface area contributed by atoms with E-state index in [9.17, 15) is 9.18 Å². The van der Waals surface area contributed by atoms with Gasteiger partial charge in [-0.1, -0.05) is 27.7 Å². The minimum absolute atomic E-state index is 0.217. The van der Waals surface area contributed by atoms with E-state index in [0.29, 0.717) is 17.5 Å². The van der Waals surface area contributed by atoms with Crippen molar-refractivity contribution in [3.05, 3.63) is 39.6 Å². The van der Waals surface area contributed by atoms with Crippen LogP contribution in [0.25, 0.3) is 0 Å². The van der Waals surface area contributed by atoms with Crippen molar-refractivity contribution in [3.63, 3.8) is 0 Å². The molecule has 0 atom stereocenters. The number of rotatable bonds is 7. The van der Waals surface area contributed by atoms with Crippen molar-refractivity contribution in [1.82, 2.24) is 4.98 Å². The van der Waals surface area contributed by atoms with Gasteiger partial charge in [-0.05, 0) is 52.8 Å². The summed E-state index contributed by atoms with van der Waals surface area (Å²) in [5.74, 6) is -0.460. The summed E-state index contributed by atoms with van der Waals surface area (Å²) in [6.45, 7) is 9.52. The lowest BCUT2D eigenvalue weighted by atomic mass is 10.1. The summed E-state index contributed by atoms with van der Waals surface area (Å²) in [4.78, 5) is 16.9. The summed E-state index contributed by atoms with van der Waals surface area (Å²) in [5, 5.41) is 1.93. The van der Waals surface area contributed by atoms with E-state index in [2.05, 4.69) is 20.9 Å². The number of carbonyl (C=O) groups is 1. The summed E-state index contributed by atoms with van der Waals surface area (Å²) < 4.78 is 25.4. The minimum atomic E-state index is -0.737. The van der Waals surface area contributed by atoms with Gasteiger partial charge in [-0.3, -0.25) is 4.79 Å². The van der Waals surface area contributed by atoms with Crippen LogP contribution >= 0.6 is 39.0 Å². The van der Waals surface area contributed by atoms with E-state index in [-0.39, 0.29) is 11.7 Å².